The van der Waals surface area contributed by atoms with Crippen LogP contribution in [0.3, 0.4) is 0 Å². The molecule has 1 fully saturated rings. The number of aryl methyl sites for hydroxylation is 1. The third-order valence-electron chi connectivity index (χ3n) is 3.81. The number of likely N-dealkylation sites (tertiary alicyclic amines) is 1. The highest BCUT2D eigenvalue weighted by molar-refractivity contribution is 5.90. The first-order valence-corrected chi connectivity index (χ1v) is 7.02. The van der Waals surface area contributed by atoms with Gasteiger partial charge in [-0.15, -0.1) is 0 Å². The molecule has 2 heterocycles. The average Bonchev–Trinajstić information content (AvgIpc) is 2.74. The summed E-state index contributed by atoms with van der Waals surface area (Å²) in [5.41, 5.74) is 1.55. The Hall–Kier alpha value is -1.36. The highest BCUT2D eigenvalue weighted by Gasteiger charge is 2.22. The van der Waals surface area contributed by atoms with E-state index in [9.17, 15) is 4.79 Å². The molecule has 0 unspecified atom stereocenters. The fourth-order valence-electron chi connectivity index (χ4n) is 2.46. The molecular weight excluding hydrogens is 242 g/mol. The fourth-order valence-corrected chi connectivity index (χ4v) is 2.46. The maximum atomic E-state index is 11.9. The van der Waals surface area contributed by atoms with Crippen molar-refractivity contribution >= 4 is 5.97 Å². The zero-order chi connectivity index (χ0) is 13.8. The zero-order valence-corrected chi connectivity index (χ0v) is 12.1. The molecular formula is C14H23N3O2. The minimum atomic E-state index is -0.268. The smallest absolute Gasteiger partial charge is 0.341 e. The van der Waals surface area contributed by atoms with Gasteiger partial charge >= 0.3 is 5.97 Å². The second kappa shape index (κ2) is 6.19. The average molecular weight is 265 g/mol. The molecule has 0 radical (unpaired) electrons. The van der Waals surface area contributed by atoms with Crippen molar-refractivity contribution < 1.29 is 9.53 Å². The van der Waals surface area contributed by atoms with E-state index < -0.39 is 0 Å². The summed E-state index contributed by atoms with van der Waals surface area (Å²) in [6.45, 7) is 7.47. The van der Waals surface area contributed by atoms with Crippen LogP contribution in [-0.4, -0.2) is 40.3 Å². The molecule has 0 aliphatic carbocycles. The summed E-state index contributed by atoms with van der Waals surface area (Å²) in [7, 11) is 1.88. The van der Waals surface area contributed by atoms with Gasteiger partial charge in [0.1, 0.15) is 5.56 Å². The van der Waals surface area contributed by atoms with E-state index in [2.05, 4.69) is 16.9 Å². The lowest BCUT2D eigenvalue weighted by Gasteiger charge is -2.30. The Balaban J connectivity index is 2.07. The summed E-state index contributed by atoms with van der Waals surface area (Å²) >= 11 is 0. The second-order valence-electron chi connectivity index (χ2n) is 5.31. The van der Waals surface area contributed by atoms with Crippen LogP contribution in [0.4, 0.5) is 0 Å². The molecule has 0 atom stereocenters. The quantitative estimate of drug-likeness (QED) is 0.779. The number of rotatable bonds is 4. The predicted octanol–water partition coefficient (Wildman–Crippen LogP) is 1.83. The van der Waals surface area contributed by atoms with Crippen LogP contribution in [0.5, 0.6) is 0 Å². The standard InChI is InChI=1S/C14H23N3O2/c1-4-19-14(18)12-9-15-16(3)13(12)10-17-7-5-11(2)6-8-17/h9,11H,4-8,10H2,1-3H3. The van der Waals surface area contributed by atoms with Gasteiger partial charge in [0.05, 0.1) is 18.5 Å². The van der Waals surface area contributed by atoms with Crippen LogP contribution < -0.4 is 0 Å². The molecule has 1 aromatic rings. The molecule has 106 valence electrons. The summed E-state index contributed by atoms with van der Waals surface area (Å²) < 4.78 is 6.86. The molecule has 5 heteroatoms. The lowest BCUT2D eigenvalue weighted by Crippen LogP contribution is -2.33. The highest BCUT2D eigenvalue weighted by atomic mass is 16.5. The third-order valence-corrected chi connectivity index (χ3v) is 3.81. The van der Waals surface area contributed by atoms with E-state index >= 15 is 0 Å². The molecule has 0 N–H and O–H groups in total. The number of hydrogen-bond donors (Lipinski definition) is 0. The summed E-state index contributed by atoms with van der Waals surface area (Å²) in [6.07, 6.45) is 4.07. The van der Waals surface area contributed by atoms with Crippen LogP contribution in [0.2, 0.25) is 0 Å². The number of carbonyl (C=O) groups excluding carboxylic acids is 1. The van der Waals surface area contributed by atoms with Crippen LogP contribution >= 0.6 is 0 Å². The van der Waals surface area contributed by atoms with Crippen molar-refractivity contribution in [1.82, 2.24) is 14.7 Å². The number of aromatic nitrogens is 2. The molecule has 1 aromatic heterocycles. The summed E-state index contributed by atoms with van der Waals surface area (Å²) in [6, 6.07) is 0. The topological polar surface area (TPSA) is 47.4 Å². The molecule has 0 aromatic carbocycles. The van der Waals surface area contributed by atoms with E-state index in [1.54, 1.807) is 10.9 Å². The summed E-state index contributed by atoms with van der Waals surface area (Å²) in [5, 5.41) is 4.19. The van der Waals surface area contributed by atoms with Gasteiger partial charge in [-0.25, -0.2) is 4.79 Å². The van der Waals surface area contributed by atoms with E-state index in [0.29, 0.717) is 12.2 Å². The molecule has 0 bridgehead atoms. The number of esters is 1. The molecule has 1 aliphatic heterocycles. The van der Waals surface area contributed by atoms with Crippen molar-refractivity contribution in [3.05, 3.63) is 17.5 Å². The van der Waals surface area contributed by atoms with E-state index in [-0.39, 0.29) is 5.97 Å². The Labute approximate surface area is 114 Å². The lowest BCUT2D eigenvalue weighted by molar-refractivity contribution is 0.0523. The molecule has 0 saturated carbocycles. The number of carbonyl (C=O) groups is 1. The Morgan fingerprint density at radius 2 is 2.16 bits per heavy atom. The van der Waals surface area contributed by atoms with E-state index in [1.807, 2.05) is 14.0 Å². The van der Waals surface area contributed by atoms with Crippen molar-refractivity contribution in [2.45, 2.75) is 33.2 Å². The Kier molecular flexibility index (Phi) is 4.58. The second-order valence-corrected chi connectivity index (χ2v) is 5.31. The zero-order valence-electron chi connectivity index (χ0n) is 12.1. The normalized spacial score (nSPS) is 17.6. The third kappa shape index (κ3) is 3.35. The maximum absolute atomic E-state index is 11.9. The van der Waals surface area contributed by atoms with Crippen LogP contribution in [0.1, 0.15) is 42.7 Å². The first-order chi connectivity index (χ1) is 9.11. The molecule has 0 amide bonds. The van der Waals surface area contributed by atoms with Gasteiger partial charge in [0.15, 0.2) is 0 Å². The predicted molar refractivity (Wildman–Crippen MR) is 72.8 cm³/mol. The van der Waals surface area contributed by atoms with Gasteiger partial charge in [0.25, 0.3) is 0 Å². The first-order valence-electron chi connectivity index (χ1n) is 7.02. The Morgan fingerprint density at radius 1 is 1.47 bits per heavy atom. The van der Waals surface area contributed by atoms with Crippen molar-refractivity contribution in [3.8, 4) is 0 Å². The fraction of sp³-hybridized carbons (Fsp3) is 0.714. The van der Waals surface area contributed by atoms with Gasteiger partial charge in [-0.1, -0.05) is 6.92 Å². The van der Waals surface area contributed by atoms with Crippen LogP contribution in [0, 0.1) is 5.92 Å². The van der Waals surface area contributed by atoms with E-state index in [4.69, 9.17) is 4.74 Å². The van der Waals surface area contributed by atoms with Gasteiger partial charge in [-0.2, -0.15) is 5.10 Å². The van der Waals surface area contributed by atoms with E-state index in [0.717, 1.165) is 31.2 Å². The van der Waals surface area contributed by atoms with Gasteiger partial charge in [-0.05, 0) is 38.8 Å². The summed E-state index contributed by atoms with van der Waals surface area (Å²) in [5.74, 6) is 0.545. The molecule has 0 spiro atoms. The van der Waals surface area contributed by atoms with Crippen LogP contribution in [-0.2, 0) is 18.3 Å². The van der Waals surface area contributed by atoms with Gasteiger partial charge < -0.3 is 4.74 Å². The molecule has 5 nitrogen and oxygen atoms in total. The van der Waals surface area contributed by atoms with Crippen molar-refractivity contribution in [3.63, 3.8) is 0 Å². The largest absolute Gasteiger partial charge is 0.462 e. The number of piperidine rings is 1. The van der Waals surface area contributed by atoms with Gasteiger partial charge in [0, 0.05) is 13.6 Å². The van der Waals surface area contributed by atoms with Gasteiger partial charge in [-0.3, -0.25) is 9.58 Å². The number of nitrogens with zero attached hydrogens (tertiary/aromatic N) is 3. The lowest BCUT2D eigenvalue weighted by atomic mass is 9.99. The van der Waals surface area contributed by atoms with Crippen molar-refractivity contribution in [2.75, 3.05) is 19.7 Å². The molecule has 1 saturated heterocycles. The molecule has 19 heavy (non-hydrogen) atoms. The van der Waals surface area contributed by atoms with Crippen molar-refractivity contribution in [2.24, 2.45) is 13.0 Å². The minimum Gasteiger partial charge on any atom is -0.462 e. The van der Waals surface area contributed by atoms with Crippen LogP contribution in [0.25, 0.3) is 0 Å². The number of ether oxygens (including phenoxy) is 1. The molecule has 1 aliphatic rings. The summed E-state index contributed by atoms with van der Waals surface area (Å²) in [4.78, 5) is 14.3. The minimum absolute atomic E-state index is 0.268. The molecule has 2 rings (SSSR count). The van der Waals surface area contributed by atoms with Gasteiger partial charge in [0.2, 0.25) is 0 Å². The maximum Gasteiger partial charge on any atom is 0.341 e. The monoisotopic (exact) mass is 265 g/mol. The van der Waals surface area contributed by atoms with E-state index in [1.165, 1.54) is 12.8 Å². The van der Waals surface area contributed by atoms with Crippen LogP contribution in [0.15, 0.2) is 6.20 Å². The Morgan fingerprint density at radius 3 is 2.79 bits per heavy atom. The Bertz CT molecular complexity index is 434. The number of hydrogen-bond acceptors (Lipinski definition) is 4. The van der Waals surface area contributed by atoms with Crippen molar-refractivity contribution in [1.29, 1.82) is 0 Å². The SMILES string of the molecule is CCOC(=O)c1cnn(C)c1CN1CCC(C)CC1. The first kappa shape index (κ1) is 14.1. The highest BCUT2D eigenvalue weighted by Crippen LogP contribution is 2.19.